The van der Waals surface area contributed by atoms with Crippen molar-refractivity contribution in [2.45, 2.75) is 6.42 Å². The Bertz CT molecular complexity index is 725. The SMILES string of the molecule is OCCCNc1nc2ccc(F)cc2n2ccnc12. The highest BCUT2D eigenvalue weighted by molar-refractivity contribution is 5.82. The van der Waals surface area contributed by atoms with E-state index in [2.05, 4.69) is 15.3 Å². The van der Waals surface area contributed by atoms with Crippen molar-refractivity contribution in [1.82, 2.24) is 14.4 Å². The summed E-state index contributed by atoms with van der Waals surface area (Å²) in [6.07, 6.45) is 4.06. The van der Waals surface area contributed by atoms with E-state index in [-0.39, 0.29) is 12.4 Å². The molecule has 0 bridgehead atoms. The molecule has 0 amide bonds. The van der Waals surface area contributed by atoms with E-state index in [9.17, 15) is 4.39 Å². The molecule has 0 aliphatic carbocycles. The molecule has 0 aliphatic heterocycles. The summed E-state index contributed by atoms with van der Waals surface area (Å²) in [4.78, 5) is 8.68. The number of halogens is 1. The van der Waals surface area contributed by atoms with Crippen molar-refractivity contribution >= 4 is 22.5 Å². The molecule has 6 heteroatoms. The van der Waals surface area contributed by atoms with E-state index in [1.54, 1.807) is 22.9 Å². The van der Waals surface area contributed by atoms with E-state index in [1.165, 1.54) is 12.1 Å². The molecule has 19 heavy (non-hydrogen) atoms. The average Bonchev–Trinajstić information content (AvgIpc) is 2.89. The van der Waals surface area contributed by atoms with Gasteiger partial charge in [-0.1, -0.05) is 0 Å². The van der Waals surface area contributed by atoms with Crippen LogP contribution in [0, 0.1) is 5.82 Å². The van der Waals surface area contributed by atoms with Gasteiger partial charge in [-0.2, -0.15) is 0 Å². The third-order valence-corrected chi connectivity index (χ3v) is 2.91. The number of aliphatic hydroxyl groups excluding tert-OH is 1. The first-order chi connectivity index (χ1) is 9.29. The van der Waals surface area contributed by atoms with Crippen molar-refractivity contribution in [2.75, 3.05) is 18.5 Å². The van der Waals surface area contributed by atoms with Crippen LogP contribution in [-0.4, -0.2) is 32.6 Å². The van der Waals surface area contributed by atoms with Gasteiger partial charge in [-0.3, -0.25) is 4.40 Å². The molecule has 0 radical (unpaired) electrons. The van der Waals surface area contributed by atoms with E-state index in [1.807, 2.05) is 0 Å². The zero-order chi connectivity index (χ0) is 13.2. The standard InChI is InChI=1S/C13H13FN4O/c14-9-2-3-10-11(8-9)18-6-5-16-13(18)12(17-10)15-4-1-7-19/h2-3,5-6,8,19H,1,4,7H2,(H,15,17). The Balaban J connectivity index is 2.15. The minimum Gasteiger partial charge on any atom is -0.396 e. The van der Waals surface area contributed by atoms with Gasteiger partial charge in [0.05, 0.1) is 11.0 Å². The largest absolute Gasteiger partial charge is 0.396 e. The fraction of sp³-hybridized carbons (Fsp3) is 0.231. The summed E-state index contributed by atoms with van der Waals surface area (Å²) in [5.41, 5.74) is 2.02. The second kappa shape index (κ2) is 4.81. The van der Waals surface area contributed by atoms with Crippen molar-refractivity contribution < 1.29 is 9.50 Å². The van der Waals surface area contributed by atoms with Crippen LogP contribution in [0.25, 0.3) is 16.7 Å². The number of hydrogen-bond acceptors (Lipinski definition) is 4. The number of imidazole rings is 1. The van der Waals surface area contributed by atoms with Crippen LogP contribution in [-0.2, 0) is 0 Å². The highest BCUT2D eigenvalue weighted by Crippen LogP contribution is 2.21. The van der Waals surface area contributed by atoms with Crippen LogP contribution in [0.5, 0.6) is 0 Å². The summed E-state index contributed by atoms with van der Waals surface area (Å²) in [5.74, 6) is 0.336. The maximum Gasteiger partial charge on any atom is 0.180 e. The Kier molecular flexibility index (Phi) is 3.00. The first kappa shape index (κ1) is 11.9. The molecule has 2 heterocycles. The predicted molar refractivity (Wildman–Crippen MR) is 70.6 cm³/mol. The first-order valence-corrected chi connectivity index (χ1v) is 6.06. The molecule has 3 aromatic rings. The topological polar surface area (TPSA) is 62.5 Å². The van der Waals surface area contributed by atoms with Gasteiger partial charge in [-0.25, -0.2) is 14.4 Å². The number of hydrogen-bond donors (Lipinski definition) is 2. The molecule has 0 saturated heterocycles. The molecule has 0 spiro atoms. The maximum atomic E-state index is 13.3. The fourth-order valence-electron chi connectivity index (χ4n) is 2.03. The second-order valence-electron chi connectivity index (χ2n) is 4.22. The van der Waals surface area contributed by atoms with Gasteiger partial charge in [-0.05, 0) is 18.6 Å². The van der Waals surface area contributed by atoms with Crippen LogP contribution in [0.4, 0.5) is 10.2 Å². The first-order valence-electron chi connectivity index (χ1n) is 6.06. The van der Waals surface area contributed by atoms with Crippen molar-refractivity contribution in [2.24, 2.45) is 0 Å². The second-order valence-corrected chi connectivity index (χ2v) is 4.22. The molecule has 2 N–H and O–H groups in total. The van der Waals surface area contributed by atoms with Crippen LogP contribution in [0.3, 0.4) is 0 Å². The minimum atomic E-state index is -0.301. The lowest BCUT2D eigenvalue weighted by Crippen LogP contribution is -2.07. The molecule has 0 atom stereocenters. The summed E-state index contributed by atoms with van der Waals surface area (Å²) in [5, 5.41) is 11.9. The van der Waals surface area contributed by atoms with E-state index in [0.717, 1.165) is 0 Å². The van der Waals surface area contributed by atoms with Gasteiger partial charge in [0.25, 0.3) is 0 Å². The summed E-state index contributed by atoms with van der Waals surface area (Å²) >= 11 is 0. The summed E-state index contributed by atoms with van der Waals surface area (Å²) in [6, 6.07) is 4.46. The van der Waals surface area contributed by atoms with E-state index in [0.29, 0.717) is 35.5 Å². The summed E-state index contributed by atoms with van der Waals surface area (Å²) in [6.45, 7) is 0.731. The van der Waals surface area contributed by atoms with Crippen LogP contribution in [0.2, 0.25) is 0 Å². The average molecular weight is 260 g/mol. The number of aliphatic hydroxyl groups is 1. The Labute approximate surface area is 108 Å². The molecular weight excluding hydrogens is 247 g/mol. The highest BCUT2D eigenvalue weighted by Gasteiger charge is 2.09. The van der Waals surface area contributed by atoms with Crippen molar-refractivity contribution in [3.8, 4) is 0 Å². The Hall–Kier alpha value is -2.21. The number of aromatic nitrogens is 3. The number of fused-ring (bicyclic) bond motifs is 3. The maximum absolute atomic E-state index is 13.3. The van der Waals surface area contributed by atoms with Crippen LogP contribution >= 0.6 is 0 Å². The monoisotopic (exact) mass is 260 g/mol. The molecule has 0 aliphatic rings. The lowest BCUT2D eigenvalue weighted by molar-refractivity contribution is 0.292. The molecule has 3 rings (SSSR count). The number of nitrogens with zero attached hydrogens (tertiary/aromatic N) is 3. The van der Waals surface area contributed by atoms with Crippen molar-refractivity contribution in [3.63, 3.8) is 0 Å². The number of benzene rings is 1. The Morgan fingerprint density at radius 1 is 1.37 bits per heavy atom. The minimum absolute atomic E-state index is 0.122. The lowest BCUT2D eigenvalue weighted by Gasteiger charge is -2.09. The smallest absolute Gasteiger partial charge is 0.180 e. The predicted octanol–water partition coefficient (Wildman–Crippen LogP) is 1.82. The summed E-state index contributed by atoms with van der Waals surface area (Å²) < 4.78 is 15.1. The summed E-state index contributed by atoms with van der Waals surface area (Å²) in [7, 11) is 0. The van der Waals surface area contributed by atoms with E-state index >= 15 is 0 Å². The molecule has 1 aromatic carbocycles. The number of anilines is 1. The van der Waals surface area contributed by atoms with Crippen LogP contribution < -0.4 is 5.32 Å². The fourth-order valence-corrected chi connectivity index (χ4v) is 2.03. The molecule has 5 nitrogen and oxygen atoms in total. The molecule has 98 valence electrons. The molecule has 0 unspecified atom stereocenters. The highest BCUT2D eigenvalue weighted by atomic mass is 19.1. The lowest BCUT2D eigenvalue weighted by atomic mass is 10.3. The van der Waals surface area contributed by atoms with E-state index in [4.69, 9.17) is 5.11 Å². The normalized spacial score (nSPS) is 11.3. The van der Waals surface area contributed by atoms with Crippen LogP contribution in [0.1, 0.15) is 6.42 Å². The Morgan fingerprint density at radius 3 is 3.11 bits per heavy atom. The Morgan fingerprint density at radius 2 is 2.26 bits per heavy atom. The van der Waals surface area contributed by atoms with Crippen LogP contribution in [0.15, 0.2) is 30.6 Å². The third-order valence-electron chi connectivity index (χ3n) is 2.91. The molecule has 0 saturated carbocycles. The zero-order valence-electron chi connectivity index (χ0n) is 10.2. The number of nitrogens with one attached hydrogen (secondary N) is 1. The number of rotatable bonds is 4. The van der Waals surface area contributed by atoms with E-state index < -0.39 is 0 Å². The van der Waals surface area contributed by atoms with Crippen molar-refractivity contribution in [1.29, 1.82) is 0 Å². The van der Waals surface area contributed by atoms with Gasteiger partial charge in [0.15, 0.2) is 11.5 Å². The molecule has 0 fully saturated rings. The van der Waals surface area contributed by atoms with Gasteiger partial charge in [0.2, 0.25) is 0 Å². The van der Waals surface area contributed by atoms with Gasteiger partial charge in [-0.15, -0.1) is 0 Å². The van der Waals surface area contributed by atoms with Gasteiger partial charge >= 0.3 is 0 Å². The van der Waals surface area contributed by atoms with Gasteiger partial charge in [0.1, 0.15) is 5.82 Å². The quantitative estimate of drug-likeness (QED) is 0.702. The van der Waals surface area contributed by atoms with Crippen molar-refractivity contribution in [3.05, 3.63) is 36.4 Å². The third kappa shape index (κ3) is 2.10. The van der Waals surface area contributed by atoms with Gasteiger partial charge in [0, 0.05) is 31.6 Å². The molecule has 2 aromatic heterocycles. The van der Waals surface area contributed by atoms with Gasteiger partial charge < -0.3 is 10.4 Å². The molecular formula is C13H13FN4O. The zero-order valence-corrected chi connectivity index (χ0v) is 10.2.